The van der Waals surface area contributed by atoms with Gasteiger partial charge < -0.3 is 10.3 Å². The molecule has 1 aromatic heterocycles. The van der Waals surface area contributed by atoms with Crippen molar-refractivity contribution in [3.63, 3.8) is 0 Å². The Morgan fingerprint density at radius 2 is 2.08 bits per heavy atom. The van der Waals surface area contributed by atoms with Gasteiger partial charge in [-0.05, 0) is 37.9 Å². The van der Waals surface area contributed by atoms with Crippen LogP contribution < -0.4 is 10.9 Å². The van der Waals surface area contributed by atoms with Gasteiger partial charge in [0.15, 0.2) is 0 Å². The van der Waals surface area contributed by atoms with E-state index in [4.69, 9.17) is 0 Å². The highest BCUT2D eigenvalue weighted by atomic mass is 16.2. The Bertz CT molecular complexity index is 801. The monoisotopic (exact) mass is 342 g/mol. The summed E-state index contributed by atoms with van der Waals surface area (Å²) in [5.41, 5.74) is 0.532. The summed E-state index contributed by atoms with van der Waals surface area (Å²) in [6, 6.07) is 7.55. The number of benzene rings is 1. The molecule has 0 radical (unpaired) electrons. The van der Waals surface area contributed by atoms with Crippen LogP contribution in [0.3, 0.4) is 0 Å². The number of hydrogen-bond donors (Lipinski definition) is 2. The lowest BCUT2D eigenvalue weighted by Gasteiger charge is -2.30. The number of likely N-dealkylation sites (N-methyl/N-ethyl adjacent to an activating group) is 1. The van der Waals surface area contributed by atoms with Gasteiger partial charge >= 0.3 is 0 Å². The molecule has 1 aliphatic carbocycles. The van der Waals surface area contributed by atoms with Crippen LogP contribution in [0.1, 0.15) is 38.4 Å². The molecule has 0 unspecified atom stereocenters. The number of aromatic amines is 1. The maximum Gasteiger partial charge on any atom is 0.258 e. The van der Waals surface area contributed by atoms with Gasteiger partial charge in [-0.1, -0.05) is 31.9 Å². The van der Waals surface area contributed by atoms with Crippen molar-refractivity contribution in [1.82, 2.24) is 20.2 Å². The van der Waals surface area contributed by atoms with Crippen LogP contribution in [0.4, 0.5) is 0 Å². The second kappa shape index (κ2) is 7.78. The second-order valence-corrected chi connectivity index (χ2v) is 7.14. The Labute approximate surface area is 147 Å². The molecule has 3 rings (SSSR count). The fourth-order valence-corrected chi connectivity index (χ4v) is 3.55. The predicted molar refractivity (Wildman–Crippen MR) is 98.3 cm³/mol. The molecule has 6 nitrogen and oxygen atoms in total. The molecule has 0 bridgehead atoms. The average Bonchev–Trinajstić information content (AvgIpc) is 2.57. The SMILES string of the molecule is C[C@H]1CCCC[C@@H]1NC(=O)CN(C)Cc1nc2ccccc2c(=O)[nH]1. The van der Waals surface area contributed by atoms with Crippen molar-refractivity contribution in [1.29, 1.82) is 0 Å². The number of carbonyl (C=O) groups excluding carboxylic acids is 1. The first-order chi connectivity index (χ1) is 12.0. The van der Waals surface area contributed by atoms with Gasteiger partial charge in [0, 0.05) is 6.04 Å². The van der Waals surface area contributed by atoms with Gasteiger partial charge in [-0.15, -0.1) is 0 Å². The number of para-hydroxylation sites is 1. The summed E-state index contributed by atoms with van der Waals surface area (Å²) in [6.07, 6.45) is 4.70. The number of nitrogens with zero attached hydrogens (tertiary/aromatic N) is 2. The number of nitrogens with one attached hydrogen (secondary N) is 2. The van der Waals surface area contributed by atoms with Gasteiger partial charge in [0.1, 0.15) is 5.82 Å². The molecule has 25 heavy (non-hydrogen) atoms. The van der Waals surface area contributed by atoms with E-state index in [9.17, 15) is 9.59 Å². The summed E-state index contributed by atoms with van der Waals surface area (Å²) >= 11 is 0. The van der Waals surface area contributed by atoms with E-state index in [0.29, 0.717) is 35.7 Å². The number of amides is 1. The minimum Gasteiger partial charge on any atom is -0.352 e. The van der Waals surface area contributed by atoms with Crippen molar-refractivity contribution in [2.24, 2.45) is 5.92 Å². The predicted octanol–water partition coefficient (Wildman–Crippen LogP) is 2.05. The van der Waals surface area contributed by atoms with E-state index < -0.39 is 0 Å². The third kappa shape index (κ3) is 4.45. The molecule has 1 aromatic carbocycles. The van der Waals surface area contributed by atoms with Gasteiger partial charge in [0.25, 0.3) is 5.56 Å². The Balaban J connectivity index is 1.59. The van der Waals surface area contributed by atoms with Crippen LogP contribution in [0.25, 0.3) is 10.9 Å². The third-order valence-electron chi connectivity index (χ3n) is 4.95. The van der Waals surface area contributed by atoms with Crippen LogP contribution in [0.2, 0.25) is 0 Å². The van der Waals surface area contributed by atoms with Crippen LogP contribution in [0, 0.1) is 5.92 Å². The van der Waals surface area contributed by atoms with Crippen molar-refractivity contribution in [3.05, 3.63) is 40.4 Å². The quantitative estimate of drug-likeness (QED) is 0.872. The molecule has 0 spiro atoms. The smallest absolute Gasteiger partial charge is 0.258 e. The van der Waals surface area contributed by atoms with Gasteiger partial charge in [0.2, 0.25) is 5.91 Å². The molecule has 134 valence electrons. The highest BCUT2D eigenvalue weighted by Gasteiger charge is 2.23. The van der Waals surface area contributed by atoms with Crippen LogP contribution in [0.15, 0.2) is 29.1 Å². The molecule has 1 aliphatic rings. The van der Waals surface area contributed by atoms with E-state index >= 15 is 0 Å². The summed E-state index contributed by atoms with van der Waals surface area (Å²) in [5, 5.41) is 3.73. The van der Waals surface area contributed by atoms with Crippen LogP contribution in [-0.4, -0.2) is 40.4 Å². The zero-order chi connectivity index (χ0) is 17.8. The van der Waals surface area contributed by atoms with Gasteiger partial charge in [0.05, 0.1) is 24.0 Å². The number of fused-ring (bicyclic) bond motifs is 1. The molecule has 0 saturated heterocycles. The van der Waals surface area contributed by atoms with E-state index in [1.165, 1.54) is 19.3 Å². The van der Waals surface area contributed by atoms with E-state index in [1.807, 2.05) is 30.1 Å². The Kier molecular flexibility index (Phi) is 5.48. The van der Waals surface area contributed by atoms with Crippen LogP contribution in [0.5, 0.6) is 0 Å². The van der Waals surface area contributed by atoms with Crippen molar-refractivity contribution < 1.29 is 4.79 Å². The molecule has 1 heterocycles. The van der Waals surface area contributed by atoms with E-state index in [0.717, 1.165) is 6.42 Å². The normalized spacial score (nSPS) is 20.8. The van der Waals surface area contributed by atoms with Crippen molar-refractivity contribution in [2.45, 2.75) is 45.2 Å². The summed E-state index contributed by atoms with van der Waals surface area (Å²) in [7, 11) is 1.86. The second-order valence-electron chi connectivity index (χ2n) is 7.14. The summed E-state index contributed by atoms with van der Waals surface area (Å²) < 4.78 is 0. The molecule has 2 N–H and O–H groups in total. The Morgan fingerprint density at radius 1 is 1.32 bits per heavy atom. The topological polar surface area (TPSA) is 78.1 Å². The van der Waals surface area contributed by atoms with Gasteiger partial charge in [-0.2, -0.15) is 0 Å². The molecule has 6 heteroatoms. The lowest BCUT2D eigenvalue weighted by molar-refractivity contribution is -0.123. The number of carbonyl (C=O) groups is 1. The van der Waals surface area contributed by atoms with Crippen molar-refractivity contribution in [3.8, 4) is 0 Å². The van der Waals surface area contributed by atoms with Crippen LogP contribution >= 0.6 is 0 Å². The number of aromatic nitrogens is 2. The minimum absolute atomic E-state index is 0.0318. The third-order valence-corrected chi connectivity index (χ3v) is 4.95. The first-order valence-electron chi connectivity index (χ1n) is 8.99. The van der Waals surface area contributed by atoms with Gasteiger partial charge in [-0.25, -0.2) is 4.98 Å². The number of hydrogen-bond acceptors (Lipinski definition) is 4. The van der Waals surface area contributed by atoms with Crippen molar-refractivity contribution >= 4 is 16.8 Å². The Morgan fingerprint density at radius 3 is 2.88 bits per heavy atom. The summed E-state index contributed by atoms with van der Waals surface area (Å²) in [6.45, 7) is 2.92. The molecule has 2 atom stereocenters. The first kappa shape index (κ1) is 17.6. The lowest BCUT2D eigenvalue weighted by Crippen LogP contribution is -2.45. The largest absolute Gasteiger partial charge is 0.352 e. The summed E-state index contributed by atoms with van der Waals surface area (Å²) in [4.78, 5) is 33.6. The highest BCUT2D eigenvalue weighted by molar-refractivity contribution is 5.78. The van der Waals surface area contributed by atoms with Gasteiger partial charge in [-0.3, -0.25) is 14.5 Å². The zero-order valence-electron chi connectivity index (χ0n) is 14.9. The molecule has 1 amide bonds. The molecule has 0 aliphatic heterocycles. The van der Waals surface area contributed by atoms with Crippen LogP contribution in [-0.2, 0) is 11.3 Å². The lowest BCUT2D eigenvalue weighted by atomic mass is 9.86. The number of rotatable bonds is 5. The molecule has 1 saturated carbocycles. The van der Waals surface area contributed by atoms with E-state index in [-0.39, 0.29) is 17.5 Å². The highest BCUT2D eigenvalue weighted by Crippen LogP contribution is 2.23. The van der Waals surface area contributed by atoms with E-state index in [2.05, 4.69) is 22.2 Å². The fraction of sp³-hybridized carbons (Fsp3) is 0.526. The average molecular weight is 342 g/mol. The summed E-state index contributed by atoms with van der Waals surface area (Å²) in [5.74, 6) is 1.15. The molecule has 1 fully saturated rings. The maximum atomic E-state index is 12.3. The Hall–Kier alpha value is -2.21. The van der Waals surface area contributed by atoms with Crippen molar-refractivity contribution in [2.75, 3.05) is 13.6 Å². The zero-order valence-corrected chi connectivity index (χ0v) is 14.9. The molecular formula is C19H26N4O2. The fourth-order valence-electron chi connectivity index (χ4n) is 3.55. The minimum atomic E-state index is -0.144. The standard InChI is InChI=1S/C19H26N4O2/c1-13-7-3-5-9-15(13)21-18(24)12-23(2)11-17-20-16-10-6-4-8-14(16)19(25)22-17/h4,6,8,10,13,15H,3,5,7,9,11-12H2,1-2H3,(H,21,24)(H,20,22,25)/t13-,15-/m0/s1. The number of H-pyrrole nitrogens is 1. The molecular weight excluding hydrogens is 316 g/mol. The maximum absolute atomic E-state index is 12.3. The molecule has 2 aromatic rings. The van der Waals surface area contributed by atoms with E-state index in [1.54, 1.807) is 6.07 Å². The first-order valence-corrected chi connectivity index (χ1v) is 8.99.